The van der Waals surface area contributed by atoms with E-state index in [1.54, 1.807) is 11.3 Å². The number of alkyl halides is 1. The van der Waals surface area contributed by atoms with Gasteiger partial charge in [0.25, 0.3) is 0 Å². The topological polar surface area (TPSA) is 9.23 Å². The lowest BCUT2D eigenvalue weighted by Crippen LogP contribution is -1.94. The number of halogens is 2. The Bertz CT molecular complexity index is 751. The van der Waals surface area contributed by atoms with Crippen LogP contribution >= 0.6 is 38.9 Å². The predicted octanol–water partition coefficient (Wildman–Crippen LogP) is 6.39. The number of ether oxygens (including phenoxy) is 1. The van der Waals surface area contributed by atoms with E-state index in [9.17, 15) is 0 Å². The third kappa shape index (κ3) is 2.96. The van der Waals surface area contributed by atoms with Gasteiger partial charge in [-0.05, 0) is 62.9 Å². The molecule has 0 aliphatic heterocycles. The van der Waals surface area contributed by atoms with Crippen molar-refractivity contribution >= 4 is 49.0 Å². The number of hydrogen-bond acceptors (Lipinski definition) is 2. The molecule has 1 aromatic heterocycles. The van der Waals surface area contributed by atoms with E-state index in [4.69, 9.17) is 16.3 Å². The molecule has 0 bridgehead atoms. The quantitative estimate of drug-likeness (QED) is 0.476. The van der Waals surface area contributed by atoms with Gasteiger partial charge in [0.05, 0.1) is 12.0 Å². The smallest absolute Gasteiger partial charge is 0.119 e. The Kier molecular flexibility index (Phi) is 4.53. The molecule has 1 unspecified atom stereocenters. The molecule has 0 aliphatic rings. The van der Waals surface area contributed by atoms with E-state index in [-0.39, 0.29) is 5.38 Å². The van der Waals surface area contributed by atoms with Crippen molar-refractivity contribution in [1.29, 1.82) is 0 Å². The highest BCUT2D eigenvalue weighted by molar-refractivity contribution is 9.10. The van der Waals surface area contributed by atoms with Crippen LogP contribution in [0.2, 0.25) is 0 Å². The molecule has 0 N–H and O–H groups in total. The van der Waals surface area contributed by atoms with Gasteiger partial charge in [0.2, 0.25) is 0 Å². The van der Waals surface area contributed by atoms with Gasteiger partial charge >= 0.3 is 0 Å². The summed E-state index contributed by atoms with van der Waals surface area (Å²) in [6.45, 7) is 2.65. The molecule has 0 fully saturated rings. The number of thiophene rings is 1. The maximum Gasteiger partial charge on any atom is 0.119 e. The lowest BCUT2D eigenvalue weighted by atomic mass is 10.0. The first-order valence-corrected chi connectivity index (χ1v) is 8.84. The molecule has 0 saturated carbocycles. The van der Waals surface area contributed by atoms with Crippen LogP contribution in [0.25, 0.3) is 10.1 Å². The average molecular weight is 382 g/mol. The fraction of sp³-hybridized carbons (Fsp3) is 0.176. The number of hydrogen-bond donors (Lipinski definition) is 0. The summed E-state index contributed by atoms with van der Waals surface area (Å²) in [6, 6.07) is 14.2. The summed E-state index contributed by atoms with van der Waals surface area (Å²) in [4.78, 5) is 0. The zero-order valence-electron chi connectivity index (χ0n) is 11.5. The standard InChI is InChI=1S/C17H14BrClOS/c1-2-20-12-8-6-11(7-9-12)16(19)14-10-21-17-13(14)4-3-5-15(17)18/h3-10,16H,2H2,1H3. The summed E-state index contributed by atoms with van der Waals surface area (Å²) in [5, 5.41) is 3.20. The van der Waals surface area contributed by atoms with E-state index in [0.717, 1.165) is 21.3 Å². The molecule has 21 heavy (non-hydrogen) atoms. The number of fused-ring (bicyclic) bond motifs is 1. The SMILES string of the molecule is CCOc1ccc(C(Cl)c2csc3c(Br)cccc23)cc1. The van der Waals surface area contributed by atoms with E-state index >= 15 is 0 Å². The van der Waals surface area contributed by atoms with Crippen molar-refractivity contribution in [3.05, 3.63) is 63.4 Å². The summed E-state index contributed by atoms with van der Waals surface area (Å²) in [6.07, 6.45) is 0. The van der Waals surface area contributed by atoms with Gasteiger partial charge in [0, 0.05) is 9.17 Å². The monoisotopic (exact) mass is 380 g/mol. The van der Waals surface area contributed by atoms with Crippen LogP contribution in [-0.2, 0) is 0 Å². The Morgan fingerprint density at radius 3 is 2.67 bits per heavy atom. The zero-order chi connectivity index (χ0) is 14.8. The van der Waals surface area contributed by atoms with Gasteiger partial charge in [-0.3, -0.25) is 0 Å². The van der Waals surface area contributed by atoms with E-state index in [1.807, 2.05) is 37.3 Å². The first kappa shape index (κ1) is 14.9. The largest absolute Gasteiger partial charge is 0.494 e. The predicted molar refractivity (Wildman–Crippen MR) is 94.8 cm³/mol. The van der Waals surface area contributed by atoms with Crippen molar-refractivity contribution in [3.63, 3.8) is 0 Å². The summed E-state index contributed by atoms with van der Waals surface area (Å²) in [5.41, 5.74) is 2.24. The summed E-state index contributed by atoms with van der Waals surface area (Å²) in [7, 11) is 0. The Labute approximate surface area is 141 Å². The molecule has 0 saturated heterocycles. The molecule has 0 radical (unpaired) electrons. The van der Waals surface area contributed by atoms with Crippen LogP contribution in [0, 0.1) is 0 Å². The van der Waals surface area contributed by atoms with Gasteiger partial charge in [0.15, 0.2) is 0 Å². The maximum absolute atomic E-state index is 6.68. The van der Waals surface area contributed by atoms with Crippen molar-refractivity contribution in [2.75, 3.05) is 6.61 Å². The molecule has 3 aromatic rings. The first-order valence-electron chi connectivity index (χ1n) is 6.73. The Morgan fingerprint density at radius 1 is 1.19 bits per heavy atom. The van der Waals surface area contributed by atoms with E-state index in [1.165, 1.54) is 10.1 Å². The molecule has 108 valence electrons. The van der Waals surface area contributed by atoms with Gasteiger partial charge in [-0.2, -0.15) is 0 Å². The highest BCUT2D eigenvalue weighted by Crippen LogP contribution is 2.40. The van der Waals surface area contributed by atoms with Crippen molar-refractivity contribution in [1.82, 2.24) is 0 Å². The van der Waals surface area contributed by atoms with Crippen LogP contribution in [0.15, 0.2) is 52.3 Å². The highest BCUT2D eigenvalue weighted by Gasteiger charge is 2.16. The molecular weight excluding hydrogens is 368 g/mol. The molecule has 0 aliphatic carbocycles. The molecule has 0 spiro atoms. The molecule has 2 aromatic carbocycles. The molecule has 0 amide bonds. The van der Waals surface area contributed by atoms with Crippen molar-refractivity contribution in [3.8, 4) is 5.75 Å². The van der Waals surface area contributed by atoms with Crippen LogP contribution in [0.5, 0.6) is 5.75 Å². The molecule has 1 atom stereocenters. The van der Waals surface area contributed by atoms with Crippen molar-refractivity contribution in [2.45, 2.75) is 12.3 Å². The lowest BCUT2D eigenvalue weighted by molar-refractivity contribution is 0.340. The minimum absolute atomic E-state index is 0.149. The normalized spacial score (nSPS) is 12.5. The van der Waals surface area contributed by atoms with Crippen LogP contribution in [0.3, 0.4) is 0 Å². The third-order valence-corrected chi connectivity index (χ3v) is 5.80. The molecule has 1 heterocycles. The number of benzene rings is 2. The zero-order valence-corrected chi connectivity index (χ0v) is 14.6. The Balaban J connectivity index is 1.96. The third-order valence-electron chi connectivity index (χ3n) is 3.34. The van der Waals surface area contributed by atoms with E-state index in [0.29, 0.717) is 6.61 Å². The van der Waals surface area contributed by atoms with Crippen molar-refractivity contribution < 1.29 is 4.74 Å². The lowest BCUT2D eigenvalue weighted by Gasteiger charge is -2.11. The fourth-order valence-electron chi connectivity index (χ4n) is 2.32. The summed E-state index contributed by atoms with van der Waals surface area (Å²) < 4.78 is 7.83. The van der Waals surface area contributed by atoms with Crippen LogP contribution < -0.4 is 4.74 Å². The van der Waals surface area contributed by atoms with E-state index < -0.39 is 0 Å². The van der Waals surface area contributed by atoms with Crippen LogP contribution in [0.1, 0.15) is 23.4 Å². The van der Waals surface area contributed by atoms with Gasteiger partial charge in [-0.25, -0.2) is 0 Å². The van der Waals surface area contributed by atoms with Gasteiger partial charge < -0.3 is 4.74 Å². The minimum Gasteiger partial charge on any atom is -0.494 e. The van der Waals surface area contributed by atoms with Gasteiger partial charge in [0.1, 0.15) is 5.75 Å². The molecule has 1 nitrogen and oxygen atoms in total. The second-order valence-electron chi connectivity index (χ2n) is 4.67. The average Bonchev–Trinajstić information content (AvgIpc) is 2.93. The highest BCUT2D eigenvalue weighted by atomic mass is 79.9. The minimum atomic E-state index is -0.149. The Hall–Kier alpha value is -1.03. The molecule has 4 heteroatoms. The molecule has 3 rings (SSSR count). The Morgan fingerprint density at radius 2 is 1.95 bits per heavy atom. The van der Waals surface area contributed by atoms with Gasteiger partial charge in [-0.15, -0.1) is 22.9 Å². The van der Waals surface area contributed by atoms with Gasteiger partial charge in [-0.1, -0.05) is 24.3 Å². The second kappa shape index (κ2) is 6.39. The first-order chi connectivity index (χ1) is 10.2. The fourth-order valence-corrected chi connectivity index (χ4v) is 4.37. The second-order valence-corrected chi connectivity index (χ2v) is 6.84. The van der Waals surface area contributed by atoms with E-state index in [2.05, 4.69) is 33.4 Å². The molecular formula is C17H14BrClOS. The van der Waals surface area contributed by atoms with Crippen LogP contribution in [0.4, 0.5) is 0 Å². The van der Waals surface area contributed by atoms with Crippen LogP contribution in [-0.4, -0.2) is 6.61 Å². The van der Waals surface area contributed by atoms with Crippen molar-refractivity contribution in [2.24, 2.45) is 0 Å². The summed E-state index contributed by atoms with van der Waals surface area (Å²) in [5.74, 6) is 0.878. The number of rotatable bonds is 4. The summed E-state index contributed by atoms with van der Waals surface area (Å²) >= 11 is 12.0. The maximum atomic E-state index is 6.68.